The lowest BCUT2D eigenvalue weighted by Crippen LogP contribution is -2.15. The lowest BCUT2D eigenvalue weighted by molar-refractivity contribution is -0.137. The van der Waals surface area contributed by atoms with Crippen molar-refractivity contribution in [2.24, 2.45) is 0 Å². The number of hydrogen-bond acceptors (Lipinski definition) is 2. The van der Waals surface area contributed by atoms with Crippen LogP contribution >= 0.6 is 0 Å². The molecule has 15 heavy (non-hydrogen) atoms. The van der Waals surface area contributed by atoms with E-state index in [1.54, 1.807) is 0 Å². The predicted molar refractivity (Wildman–Crippen MR) is 49.2 cm³/mol. The van der Waals surface area contributed by atoms with Gasteiger partial charge in [-0.15, -0.1) is 0 Å². The Kier molecular flexibility index (Phi) is 2.65. The summed E-state index contributed by atoms with van der Waals surface area (Å²) in [4.78, 5) is 3.97. The van der Waals surface area contributed by atoms with Gasteiger partial charge in [-0.05, 0) is 31.5 Å². The average Bonchev–Trinajstić information content (AvgIpc) is 2.69. The highest BCUT2D eigenvalue weighted by molar-refractivity contribution is 5.21. The van der Waals surface area contributed by atoms with Crippen LogP contribution in [0.25, 0.3) is 0 Å². The Morgan fingerprint density at radius 1 is 1.40 bits per heavy atom. The van der Waals surface area contributed by atoms with Crippen LogP contribution in [0.15, 0.2) is 18.3 Å². The first-order valence-electron chi connectivity index (χ1n) is 4.84. The van der Waals surface area contributed by atoms with Crippen molar-refractivity contribution in [3.05, 3.63) is 29.6 Å². The topological polar surface area (TPSA) is 24.9 Å². The van der Waals surface area contributed by atoms with E-state index in [0.717, 1.165) is 31.5 Å². The molecule has 0 aliphatic carbocycles. The van der Waals surface area contributed by atoms with Crippen LogP contribution in [0.3, 0.4) is 0 Å². The average molecular weight is 216 g/mol. The van der Waals surface area contributed by atoms with E-state index < -0.39 is 11.7 Å². The number of halogens is 3. The van der Waals surface area contributed by atoms with Gasteiger partial charge in [0.05, 0.1) is 11.3 Å². The van der Waals surface area contributed by atoms with Crippen molar-refractivity contribution in [3.8, 4) is 0 Å². The van der Waals surface area contributed by atoms with E-state index >= 15 is 0 Å². The summed E-state index contributed by atoms with van der Waals surface area (Å²) in [6, 6.07) is 2.11. The smallest absolute Gasteiger partial charge is 0.309 e. The summed E-state index contributed by atoms with van der Waals surface area (Å²) in [7, 11) is 0. The number of hydrogen-bond donors (Lipinski definition) is 1. The summed E-state index contributed by atoms with van der Waals surface area (Å²) in [6.45, 7) is 0.850. The molecule has 1 unspecified atom stereocenters. The van der Waals surface area contributed by atoms with Crippen molar-refractivity contribution in [1.29, 1.82) is 0 Å². The number of rotatable bonds is 1. The second-order valence-electron chi connectivity index (χ2n) is 3.62. The molecule has 82 valence electrons. The zero-order valence-corrected chi connectivity index (χ0v) is 8.01. The lowest BCUT2D eigenvalue weighted by Gasteiger charge is -2.12. The molecule has 2 nitrogen and oxygen atoms in total. The number of nitrogens with one attached hydrogen (secondary N) is 1. The first-order chi connectivity index (χ1) is 7.07. The highest BCUT2D eigenvalue weighted by atomic mass is 19.4. The SMILES string of the molecule is FC(F)(F)c1ccnc(C2CCCN2)c1. The monoisotopic (exact) mass is 216 g/mol. The van der Waals surface area contributed by atoms with Gasteiger partial charge in [-0.2, -0.15) is 13.2 Å². The van der Waals surface area contributed by atoms with E-state index in [1.807, 2.05) is 0 Å². The van der Waals surface area contributed by atoms with Gasteiger partial charge in [0.25, 0.3) is 0 Å². The molecule has 0 saturated carbocycles. The third-order valence-corrected chi connectivity index (χ3v) is 2.53. The molecule has 2 heterocycles. The molecule has 5 heteroatoms. The van der Waals surface area contributed by atoms with Gasteiger partial charge < -0.3 is 5.32 Å². The molecule has 2 rings (SSSR count). The maximum atomic E-state index is 12.4. The third kappa shape index (κ3) is 2.28. The first-order valence-corrected chi connectivity index (χ1v) is 4.84. The van der Waals surface area contributed by atoms with Gasteiger partial charge in [0, 0.05) is 12.2 Å². The largest absolute Gasteiger partial charge is 0.416 e. The Morgan fingerprint density at radius 2 is 2.20 bits per heavy atom. The van der Waals surface area contributed by atoms with Crippen molar-refractivity contribution >= 4 is 0 Å². The standard InChI is InChI=1S/C10H11F3N2/c11-10(12,13)7-3-5-15-9(6-7)8-2-1-4-14-8/h3,5-6,8,14H,1-2,4H2. The summed E-state index contributed by atoms with van der Waals surface area (Å²) in [6.07, 6.45) is -1.22. The Balaban J connectivity index is 2.26. The molecule has 1 N–H and O–H groups in total. The fourth-order valence-electron chi connectivity index (χ4n) is 1.75. The van der Waals surface area contributed by atoms with Gasteiger partial charge >= 0.3 is 6.18 Å². The van der Waals surface area contributed by atoms with Crippen LogP contribution in [0, 0.1) is 0 Å². The summed E-state index contributed by atoms with van der Waals surface area (Å²) in [5, 5.41) is 3.12. The zero-order chi connectivity index (χ0) is 10.9. The van der Waals surface area contributed by atoms with Gasteiger partial charge in [-0.1, -0.05) is 0 Å². The summed E-state index contributed by atoms with van der Waals surface area (Å²) in [5.74, 6) is 0. The van der Waals surface area contributed by atoms with Crippen molar-refractivity contribution in [2.45, 2.75) is 25.1 Å². The zero-order valence-electron chi connectivity index (χ0n) is 8.01. The van der Waals surface area contributed by atoms with E-state index in [4.69, 9.17) is 0 Å². The number of alkyl halides is 3. The highest BCUT2D eigenvalue weighted by Gasteiger charge is 2.31. The van der Waals surface area contributed by atoms with Gasteiger partial charge in [0.1, 0.15) is 0 Å². The molecule has 1 aliphatic rings. The minimum Gasteiger partial charge on any atom is -0.309 e. The molecule has 0 bridgehead atoms. The van der Waals surface area contributed by atoms with Crippen LogP contribution in [-0.2, 0) is 6.18 Å². The number of aromatic nitrogens is 1. The Labute approximate surface area is 85.5 Å². The van der Waals surface area contributed by atoms with Gasteiger partial charge in [-0.25, -0.2) is 0 Å². The summed E-state index contributed by atoms with van der Waals surface area (Å²) < 4.78 is 37.2. The Morgan fingerprint density at radius 3 is 2.80 bits per heavy atom. The van der Waals surface area contributed by atoms with Crippen molar-refractivity contribution in [1.82, 2.24) is 10.3 Å². The van der Waals surface area contributed by atoms with Crippen LogP contribution in [0.2, 0.25) is 0 Å². The normalized spacial score (nSPS) is 21.9. The summed E-state index contributed by atoms with van der Waals surface area (Å²) in [5.41, 5.74) is -0.136. The molecule has 1 aromatic rings. The minimum absolute atomic E-state index is 0.0210. The highest BCUT2D eigenvalue weighted by Crippen LogP contribution is 2.31. The van der Waals surface area contributed by atoms with Gasteiger partial charge in [0.2, 0.25) is 0 Å². The van der Waals surface area contributed by atoms with E-state index in [2.05, 4.69) is 10.3 Å². The quantitative estimate of drug-likeness (QED) is 0.780. The second kappa shape index (κ2) is 3.81. The maximum absolute atomic E-state index is 12.4. The molecule has 1 aromatic heterocycles. The number of nitrogens with zero attached hydrogens (tertiary/aromatic N) is 1. The predicted octanol–water partition coefficient (Wildman–Crippen LogP) is 2.52. The van der Waals surface area contributed by atoms with Crippen LogP contribution in [0.4, 0.5) is 13.2 Å². The molecule has 1 fully saturated rings. The van der Waals surface area contributed by atoms with E-state index in [9.17, 15) is 13.2 Å². The molecular formula is C10H11F3N2. The molecular weight excluding hydrogens is 205 g/mol. The maximum Gasteiger partial charge on any atom is 0.416 e. The van der Waals surface area contributed by atoms with E-state index in [0.29, 0.717) is 5.69 Å². The third-order valence-electron chi connectivity index (χ3n) is 2.53. The Bertz CT molecular complexity index is 343. The first kappa shape index (κ1) is 10.4. The fourth-order valence-corrected chi connectivity index (χ4v) is 1.75. The van der Waals surface area contributed by atoms with Crippen LogP contribution in [0.5, 0.6) is 0 Å². The second-order valence-corrected chi connectivity index (χ2v) is 3.62. The molecule has 0 aromatic carbocycles. The lowest BCUT2D eigenvalue weighted by atomic mass is 10.1. The fraction of sp³-hybridized carbons (Fsp3) is 0.500. The molecule has 1 saturated heterocycles. The van der Waals surface area contributed by atoms with Crippen molar-refractivity contribution in [3.63, 3.8) is 0 Å². The van der Waals surface area contributed by atoms with E-state index in [-0.39, 0.29) is 6.04 Å². The van der Waals surface area contributed by atoms with Crippen LogP contribution < -0.4 is 5.32 Å². The summed E-state index contributed by atoms with van der Waals surface area (Å²) >= 11 is 0. The molecule has 1 atom stereocenters. The van der Waals surface area contributed by atoms with Crippen molar-refractivity contribution in [2.75, 3.05) is 6.54 Å². The van der Waals surface area contributed by atoms with Crippen LogP contribution in [-0.4, -0.2) is 11.5 Å². The molecule has 0 amide bonds. The van der Waals surface area contributed by atoms with E-state index in [1.165, 1.54) is 6.20 Å². The minimum atomic E-state index is -4.28. The van der Waals surface area contributed by atoms with Gasteiger partial charge in [0.15, 0.2) is 0 Å². The molecule has 0 spiro atoms. The number of pyridine rings is 1. The van der Waals surface area contributed by atoms with Crippen LogP contribution in [0.1, 0.15) is 30.1 Å². The molecule has 0 radical (unpaired) electrons. The molecule has 1 aliphatic heterocycles. The van der Waals surface area contributed by atoms with Gasteiger partial charge in [-0.3, -0.25) is 4.98 Å². The van der Waals surface area contributed by atoms with Crippen molar-refractivity contribution < 1.29 is 13.2 Å². The Hall–Kier alpha value is -1.10.